The first kappa shape index (κ1) is 14.5. The second kappa shape index (κ2) is 6.19. The summed E-state index contributed by atoms with van der Waals surface area (Å²) in [6.45, 7) is 3.37. The minimum atomic E-state index is -0.0239. The van der Waals surface area contributed by atoms with E-state index in [2.05, 4.69) is 48.3 Å². The quantitative estimate of drug-likeness (QED) is 0.743. The average Bonchev–Trinajstić information content (AvgIpc) is 3.00. The summed E-state index contributed by atoms with van der Waals surface area (Å²) in [5, 5.41) is 1.25. The lowest BCUT2D eigenvalue weighted by molar-refractivity contribution is -0.0711. The van der Waals surface area contributed by atoms with Gasteiger partial charge in [0.1, 0.15) is 6.10 Å². The number of ether oxygens (including phenoxy) is 2. The van der Waals surface area contributed by atoms with Gasteiger partial charge in [-0.05, 0) is 18.1 Å². The highest BCUT2D eigenvalue weighted by molar-refractivity contribution is 5.85. The van der Waals surface area contributed by atoms with Crippen LogP contribution in [0.3, 0.4) is 0 Å². The van der Waals surface area contributed by atoms with Crippen LogP contribution in [0.4, 0.5) is 0 Å². The predicted octanol–water partition coefficient (Wildman–Crippen LogP) is 4.91. The van der Waals surface area contributed by atoms with E-state index in [0.717, 1.165) is 11.9 Å². The average molecular weight is 307 g/mol. The Balaban J connectivity index is 1.67. The Hall–Kier alpha value is -2.10. The van der Waals surface area contributed by atoms with Crippen molar-refractivity contribution >= 4 is 10.9 Å². The van der Waals surface area contributed by atoms with Crippen molar-refractivity contribution in [2.75, 3.05) is 6.61 Å². The fourth-order valence-electron chi connectivity index (χ4n) is 3.38. The molecule has 3 aromatic rings. The van der Waals surface area contributed by atoms with Crippen LogP contribution in [-0.2, 0) is 16.1 Å². The molecule has 2 aromatic carbocycles. The van der Waals surface area contributed by atoms with Crippen molar-refractivity contribution in [1.29, 1.82) is 0 Å². The smallest absolute Gasteiger partial charge is 0.109 e. The molecule has 0 saturated heterocycles. The number of hydrogen-bond donors (Lipinski definition) is 1. The van der Waals surface area contributed by atoms with E-state index in [9.17, 15) is 0 Å². The van der Waals surface area contributed by atoms with E-state index in [0.29, 0.717) is 13.2 Å². The maximum atomic E-state index is 6.21. The molecule has 0 amide bonds. The van der Waals surface area contributed by atoms with E-state index in [-0.39, 0.29) is 12.2 Å². The third-order valence-corrected chi connectivity index (χ3v) is 4.53. The Morgan fingerprint density at radius 2 is 1.87 bits per heavy atom. The van der Waals surface area contributed by atoms with Gasteiger partial charge in [-0.1, -0.05) is 55.5 Å². The van der Waals surface area contributed by atoms with Crippen LogP contribution in [0.1, 0.15) is 42.4 Å². The molecule has 2 atom stereocenters. The van der Waals surface area contributed by atoms with Crippen LogP contribution in [0.15, 0.2) is 54.6 Å². The zero-order valence-corrected chi connectivity index (χ0v) is 13.3. The van der Waals surface area contributed by atoms with Crippen molar-refractivity contribution < 1.29 is 9.47 Å². The maximum Gasteiger partial charge on any atom is 0.109 e. The first-order chi connectivity index (χ1) is 11.4. The Kier molecular flexibility index (Phi) is 3.90. The fourth-order valence-corrected chi connectivity index (χ4v) is 3.38. The third-order valence-electron chi connectivity index (χ3n) is 4.53. The Labute approximate surface area is 136 Å². The molecule has 0 aliphatic carbocycles. The third kappa shape index (κ3) is 2.67. The van der Waals surface area contributed by atoms with Gasteiger partial charge < -0.3 is 14.5 Å². The maximum absolute atomic E-state index is 6.21. The van der Waals surface area contributed by atoms with Gasteiger partial charge >= 0.3 is 0 Å². The lowest BCUT2D eigenvalue weighted by Crippen LogP contribution is -2.22. The highest BCUT2D eigenvalue weighted by Crippen LogP contribution is 2.40. The fraction of sp³-hybridized carbons (Fsp3) is 0.300. The van der Waals surface area contributed by atoms with E-state index in [1.807, 2.05) is 18.2 Å². The van der Waals surface area contributed by atoms with E-state index in [1.165, 1.54) is 22.2 Å². The molecule has 2 unspecified atom stereocenters. The summed E-state index contributed by atoms with van der Waals surface area (Å²) < 4.78 is 12.2. The van der Waals surface area contributed by atoms with Gasteiger partial charge in [-0.2, -0.15) is 0 Å². The lowest BCUT2D eigenvalue weighted by atomic mass is 9.99. The highest BCUT2D eigenvalue weighted by Gasteiger charge is 2.31. The molecule has 0 bridgehead atoms. The van der Waals surface area contributed by atoms with Gasteiger partial charge in [-0.25, -0.2) is 0 Å². The normalized spacial score (nSPS) is 20.6. The summed E-state index contributed by atoms with van der Waals surface area (Å²) >= 11 is 0. The van der Waals surface area contributed by atoms with Crippen LogP contribution in [-0.4, -0.2) is 11.6 Å². The first-order valence-corrected chi connectivity index (χ1v) is 8.24. The summed E-state index contributed by atoms with van der Waals surface area (Å²) in [5.74, 6) is 0. The van der Waals surface area contributed by atoms with E-state index in [1.54, 1.807) is 0 Å². The molecule has 3 nitrogen and oxygen atoms in total. The number of aromatic nitrogens is 1. The molecule has 23 heavy (non-hydrogen) atoms. The molecule has 3 heteroatoms. The van der Waals surface area contributed by atoms with Crippen molar-refractivity contribution in [3.8, 4) is 0 Å². The Morgan fingerprint density at radius 3 is 2.70 bits per heavy atom. The second-order valence-electron chi connectivity index (χ2n) is 6.01. The molecule has 118 valence electrons. The van der Waals surface area contributed by atoms with Crippen molar-refractivity contribution in [1.82, 2.24) is 4.98 Å². The minimum absolute atomic E-state index is 0.0239. The number of fused-ring (bicyclic) bond motifs is 3. The minimum Gasteiger partial charge on any atom is -0.369 e. The second-order valence-corrected chi connectivity index (χ2v) is 6.01. The number of H-pyrrole nitrogens is 1. The SMILES string of the molecule is CCC1OCC(OCc2ccccc2)c2c1[nH]c1ccccc21. The first-order valence-electron chi connectivity index (χ1n) is 8.24. The van der Waals surface area contributed by atoms with Crippen LogP contribution in [0, 0.1) is 0 Å². The topological polar surface area (TPSA) is 34.2 Å². The monoisotopic (exact) mass is 307 g/mol. The number of aromatic amines is 1. The van der Waals surface area contributed by atoms with Gasteiger partial charge in [0.25, 0.3) is 0 Å². The van der Waals surface area contributed by atoms with Crippen LogP contribution >= 0.6 is 0 Å². The van der Waals surface area contributed by atoms with Crippen LogP contribution in [0.5, 0.6) is 0 Å². The Bertz CT molecular complexity index is 794. The molecule has 0 radical (unpaired) electrons. The van der Waals surface area contributed by atoms with Crippen LogP contribution in [0.25, 0.3) is 10.9 Å². The molecule has 1 aliphatic rings. The summed E-state index contributed by atoms with van der Waals surface area (Å²) in [7, 11) is 0. The van der Waals surface area contributed by atoms with Crippen molar-refractivity contribution in [3.05, 3.63) is 71.4 Å². The summed E-state index contributed by atoms with van der Waals surface area (Å²) in [6.07, 6.45) is 1.07. The molecule has 1 aromatic heterocycles. The summed E-state index contributed by atoms with van der Waals surface area (Å²) in [5.41, 5.74) is 4.80. The highest BCUT2D eigenvalue weighted by atomic mass is 16.5. The molecule has 0 spiro atoms. The zero-order chi connectivity index (χ0) is 15.6. The van der Waals surface area contributed by atoms with E-state index < -0.39 is 0 Å². The largest absolute Gasteiger partial charge is 0.369 e. The van der Waals surface area contributed by atoms with Crippen LogP contribution < -0.4 is 0 Å². The van der Waals surface area contributed by atoms with Gasteiger partial charge in [-0.15, -0.1) is 0 Å². The van der Waals surface area contributed by atoms with E-state index >= 15 is 0 Å². The summed E-state index contributed by atoms with van der Waals surface area (Å²) in [6, 6.07) is 18.7. The van der Waals surface area contributed by atoms with Crippen LogP contribution in [0.2, 0.25) is 0 Å². The molecule has 2 heterocycles. The van der Waals surface area contributed by atoms with Gasteiger partial charge in [0.15, 0.2) is 0 Å². The number of para-hydroxylation sites is 1. The van der Waals surface area contributed by atoms with Gasteiger partial charge in [-0.3, -0.25) is 0 Å². The molecular formula is C20H21NO2. The number of nitrogens with one attached hydrogen (secondary N) is 1. The number of rotatable bonds is 4. The van der Waals surface area contributed by atoms with E-state index in [4.69, 9.17) is 9.47 Å². The van der Waals surface area contributed by atoms with Gasteiger partial charge in [0, 0.05) is 16.5 Å². The number of hydrogen-bond acceptors (Lipinski definition) is 2. The summed E-state index contributed by atoms with van der Waals surface area (Å²) in [4.78, 5) is 3.54. The molecule has 0 fully saturated rings. The molecule has 1 aliphatic heterocycles. The Morgan fingerprint density at radius 1 is 1.09 bits per heavy atom. The van der Waals surface area contributed by atoms with Gasteiger partial charge in [0.05, 0.1) is 25.0 Å². The molecule has 1 N–H and O–H groups in total. The standard InChI is InChI=1S/C20H21NO2/c1-2-17-20-19(15-10-6-7-11-16(15)21-20)18(13-23-17)22-12-14-8-4-3-5-9-14/h3-11,17-18,21H,2,12-13H2,1H3. The van der Waals surface area contributed by atoms with Crippen molar-refractivity contribution in [3.63, 3.8) is 0 Å². The van der Waals surface area contributed by atoms with Crippen molar-refractivity contribution in [2.45, 2.75) is 32.2 Å². The number of benzene rings is 2. The predicted molar refractivity (Wildman–Crippen MR) is 91.3 cm³/mol. The zero-order valence-electron chi connectivity index (χ0n) is 13.3. The molecular weight excluding hydrogens is 286 g/mol. The van der Waals surface area contributed by atoms with Crippen molar-refractivity contribution in [2.24, 2.45) is 0 Å². The van der Waals surface area contributed by atoms with Gasteiger partial charge in [0.2, 0.25) is 0 Å². The molecule has 4 rings (SSSR count). The molecule has 0 saturated carbocycles. The lowest BCUT2D eigenvalue weighted by Gasteiger charge is -2.29.